The molecule has 1 aliphatic carbocycles. The average Bonchev–Trinajstić information content (AvgIpc) is 2.96. The molecule has 1 aliphatic rings. The molecule has 1 aromatic heterocycles. The lowest BCUT2D eigenvalue weighted by Gasteiger charge is -2.11. The molecule has 4 nitrogen and oxygen atoms in total. The van der Waals surface area contributed by atoms with E-state index in [-0.39, 0.29) is 5.91 Å². The summed E-state index contributed by atoms with van der Waals surface area (Å²) in [7, 11) is 0. The van der Waals surface area contributed by atoms with Crippen molar-refractivity contribution >= 4 is 17.2 Å². The molecule has 1 saturated carbocycles. The molecule has 0 unspecified atom stereocenters. The van der Waals surface area contributed by atoms with Gasteiger partial charge in [0.15, 0.2) is 0 Å². The lowest BCUT2D eigenvalue weighted by Crippen LogP contribution is -2.37. The van der Waals surface area contributed by atoms with E-state index in [2.05, 4.69) is 15.6 Å². The van der Waals surface area contributed by atoms with Crippen LogP contribution in [-0.4, -0.2) is 23.5 Å². The van der Waals surface area contributed by atoms with Crippen molar-refractivity contribution in [2.75, 3.05) is 6.54 Å². The van der Waals surface area contributed by atoms with Gasteiger partial charge < -0.3 is 10.6 Å². The fraction of sp³-hybridized carbons (Fsp3) is 0.636. The lowest BCUT2D eigenvalue weighted by atomic mass is 10.2. The van der Waals surface area contributed by atoms with Crippen LogP contribution in [0.25, 0.3) is 0 Å². The Morgan fingerprint density at radius 2 is 2.31 bits per heavy atom. The SMILES string of the molecule is O=C(CNC1CCCC1)NCc1nccs1. The van der Waals surface area contributed by atoms with Gasteiger partial charge in [-0.15, -0.1) is 11.3 Å². The molecule has 0 aromatic carbocycles. The topological polar surface area (TPSA) is 54.0 Å². The summed E-state index contributed by atoms with van der Waals surface area (Å²) in [6, 6.07) is 0.547. The zero-order chi connectivity index (χ0) is 11.2. The molecule has 0 atom stereocenters. The van der Waals surface area contributed by atoms with Gasteiger partial charge in [0.05, 0.1) is 13.1 Å². The summed E-state index contributed by atoms with van der Waals surface area (Å²) in [4.78, 5) is 15.6. The van der Waals surface area contributed by atoms with E-state index in [9.17, 15) is 4.79 Å². The van der Waals surface area contributed by atoms with Crippen LogP contribution in [0.15, 0.2) is 11.6 Å². The Bertz CT molecular complexity index is 320. The summed E-state index contributed by atoms with van der Waals surface area (Å²) in [5.41, 5.74) is 0. The molecule has 0 bridgehead atoms. The summed E-state index contributed by atoms with van der Waals surface area (Å²) in [6.45, 7) is 0.971. The van der Waals surface area contributed by atoms with Gasteiger partial charge >= 0.3 is 0 Å². The monoisotopic (exact) mass is 239 g/mol. The molecule has 2 rings (SSSR count). The molecule has 2 N–H and O–H groups in total. The Hall–Kier alpha value is -0.940. The van der Waals surface area contributed by atoms with E-state index in [0.29, 0.717) is 19.1 Å². The van der Waals surface area contributed by atoms with Gasteiger partial charge in [-0.3, -0.25) is 4.79 Å². The third kappa shape index (κ3) is 3.57. The second-order valence-corrected chi connectivity index (χ2v) is 5.04. The Morgan fingerprint density at radius 1 is 1.50 bits per heavy atom. The third-order valence-corrected chi connectivity index (χ3v) is 3.61. The molecule has 16 heavy (non-hydrogen) atoms. The fourth-order valence-electron chi connectivity index (χ4n) is 1.94. The highest BCUT2D eigenvalue weighted by molar-refractivity contribution is 7.09. The van der Waals surface area contributed by atoms with E-state index in [1.54, 1.807) is 17.5 Å². The number of aromatic nitrogens is 1. The molecule has 0 aliphatic heterocycles. The highest BCUT2D eigenvalue weighted by atomic mass is 32.1. The summed E-state index contributed by atoms with van der Waals surface area (Å²) in [5.74, 6) is 0.0575. The summed E-state index contributed by atoms with van der Waals surface area (Å²) in [5, 5.41) is 9.01. The normalized spacial score (nSPS) is 16.5. The van der Waals surface area contributed by atoms with Crippen molar-refractivity contribution in [3.63, 3.8) is 0 Å². The first-order valence-corrected chi connectivity index (χ1v) is 6.61. The maximum Gasteiger partial charge on any atom is 0.234 e. The number of rotatable bonds is 5. The predicted molar refractivity (Wildman–Crippen MR) is 64.2 cm³/mol. The van der Waals surface area contributed by atoms with E-state index >= 15 is 0 Å². The van der Waals surface area contributed by atoms with Crippen LogP contribution in [-0.2, 0) is 11.3 Å². The standard InChI is InChI=1S/C11H17N3OS/c15-10(7-13-9-3-1-2-4-9)14-8-11-12-5-6-16-11/h5-6,9,13H,1-4,7-8H2,(H,14,15). The Labute approximate surface area is 99.5 Å². The minimum Gasteiger partial charge on any atom is -0.348 e. The Morgan fingerprint density at radius 3 is 3.00 bits per heavy atom. The first kappa shape index (κ1) is 11.5. The summed E-state index contributed by atoms with van der Waals surface area (Å²) in [6.07, 6.45) is 6.75. The largest absolute Gasteiger partial charge is 0.348 e. The van der Waals surface area contributed by atoms with Gasteiger partial charge in [-0.1, -0.05) is 12.8 Å². The van der Waals surface area contributed by atoms with Gasteiger partial charge in [0.2, 0.25) is 5.91 Å². The van der Waals surface area contributed by atoms with Crippen molar-refractivity contribution in [1.29, 1.82) is 0 Å². The van der Waals surface area contributed by atoms with Crippen LogP contribution in [0.4, 0.5) is 0 Å². The second kappa shape index (κ2) is 5.96. The van der Waals surface area contributed by atoms with Crippen molar-refractivity contribution in [2.24, 2.45) is 0 Å². The number of nitrogens with zero attached hydrogens (tertiary/aromatic N) is 1. The lowest BCUT2D eigenvalue weighted by molar-refractivity contribution is -0.120. The third-order valence-electron chi connectivity index (χ3n) is 2.83. The van der Waals surface area contributed by atoms with Gasteiger partial charge in [-0.2, -0.15) is 0 Å². The Balaban J connectivity index is 1.60. The van der Waals surface area contributed by atoms with Crippen molar-refractivity contribution in [1.82, 2.24) is 15.6 Å². The summed E-state index contributed by atoms with van der Waals surface area (Å²) >= 11 is 1.56. The van der Waals surface area contributed by atoms with E-state index in [0.717, 1.165) is 5.01 Å². The molecular weight excluding hydrogens is 222 g/mol. The van der Waals surface area contributed by atoms with Crippen LogP contribution < -0.4 is 10.6 Å². The first-order chi connectivity index (χ1) is 7.84. The maximum absolute atomic E-state index is 11.5. The van der Waals surface area contributed by atoms with Crippen LogP contribution in [0.2, 0.25) is 0 Å². The van der Waals surface area contributed by atoms with E-state index in [4.69, 9.17) is 0 Å². The van der Waals surface area contributed by atoms with Crippen LogP contribution in [0.3, 0.4) is 0 Å². The zero-order valence-electron chi connectivity index (χ0n) is 9.24. The van der Waals surface area contributed by atoms with Gasteiger partial charge in [-0.25, -0.2) is 4.98 Å². The summed E-state index contributed by atoms with van der Waals surface area (Å²) < 4.78 is 0. The molecule has 0 radical (unpaired) electrons. The number of thiazole rings is 1. The predicted octanol–water partition coefficient (Wildman–Crippen LogP) is 1.29. The van der Waals surface area contributed by atoms with Crippen molar-refractivity contribution < 1.29 is 4.79 Å². The van der Waals surface area contributed by atoms with Crippen LogP contribution in [0.5, 0.6) is 0 Å². The van der Waals surface area contributed by atoms with E-state index in [1.165, 1.54) is 25.7 Å². The highest BCUT2D eigenvalue weighted by Gasteiger charge is 2.14. The zero-order valence-corrected chi connectivity index (χ0v) is 10.1. The molecule has 1 aromatic rings. The average molecular weight is 239 g/mol. The molecule has 1 amide bonds. The number of carbonyl (C=O) groups is 1. The number of hydrogen-bond donors (Lipinski definition) is 2. The minimum absolute atomic E-state index is 0.0575. The molecule has 0 saturated heterocycles. The molecule has 88 valence electrons. The number of amides is 1. The fourth-order valence-corrected chi connectivity index (χ4v) is 2.50. The molecule has 0 spiro atoms. The number of carbonyl (C=O) groups excluding carboxylic acids is 1. The molecule has 1 fully saturated rings. The van der Waals surface area contributed by atoms with Crippen molar-refractivity contribution in [2.45, 2.75) is 38.3 Å². The van der Waals surface area contributed by atoms with Gasteiger partial charge in [0, 0.05) is 17.6 Å². The quantitative estimate of drug-likeness (QED) is 0.814. The van der Waals surface area contributed by atoms with Gasteiger partial charge in [-0.05, 0) is 12.8 Å². The molecular formula is C11H17N3OS. The highest BCUT2D eigenvalue weighted by Crippen LogP contribution is 2.17. The van der Waals surface area contributed by atoms with Crippen molar-refractivity contribution in [3.8, 4) is 0 Å². The second-order valence-electron chi connectivity index (χ2n) is 4.06. The van der Waals surface area contributed by atoms with Gasteiger partial charge in [0.1, 0.15) is 5.01 Å². The molecule has 5 heteroatoms. The number of hydrogen-bond acceptors (Lipinski definition) is 4. The smallest absolute Gasteiger partial charge is 0.234 e. The van der Waals surface area contributed by atoms with E-state index in [1.807, 2.05) is 5.38 Å². The van der Waals surface area contributed by atoms with Gasteiger partial charge in [0.25, 0.3) is 0 Å². The molecule has 1 heterocycles. The van der Waals surface area contributed by atoms with Crippen LogP contribution in [0, 0.1) is 0 Å². The van der Waals surface area contributed by atoms with Crippen LogP contribution >= 0.6 is 11.3 Å². The maximum atomic E-state index is 11.5. The Kier molecular flexibility index (Phi) is 4.30. The first-order valence-electron chi connectivity index (χ1n) is 5.73. The van der Waals surface area contributed by atoms with Crippen LogP contribution in [0.1, 0.15) is 30.7 Å². The van der Waals surface area contributed by atoms with Crippen molar-refractivity contribution in [3.05, 3.63) is 16.6 Å². The van der Waals surface area contributed by atoms with E-state index < -0.39 is 0 Å². The number of nitrogens with one attached hydrogen (secondary N) is 2. The minimum atomic E-state index is 0.0575.